The minimum absolute atomic E-state index is 0.401. The second-order valence-electron chi connectivity index (χ2n) is 4.57. The first kappa shape index (κ1) is 18.9. The van der Waals surface area contributed by atoms with Gasteiger partial charge < -0.3 is 5.73 Å². The zero-order valence-electron chi connectivity index (χ0n) is 11.6. The first-order valence-electron chi connectivity index (χ1n) is 6.10. The van der Waals surface area contributed by atoms with E-state index in [1.165, 1.54) is 5.56 Å². The maximum atomic E-state index is 11.0. The molecule has 0 saturated carbocycles. The van der Waals surface area contributed by atoms with Crippen molar-refractivity contribution in [3.05, 3.63) is 66.0 Å². The Morgan fingerprint density at radius 3 is 1.96 bits per heavy atom. The summed E-state index contributed by atoms with van der Waals surface area (Å²) in [6.07, 6.45) is 3.68. The van der Waals surface area contributed by atoms with Crippen LogP contribution in [-0.4, -0.2) is 5.91 Å². The van der Waals surface area contributed by atoms with Crippen molar-refractivity contribution in [2.45, 2.75) is 6.54 Å². The van der Waals surface area contributed by atoms with Gasteiger partial charge in [0, 0.05) is 11.6 Å². The fourth-order valence-corrected chi connectivity index (χ4v) is 1.56. The van der Waals surface area contributed by atoms with E-state index < -0.39 is 13.7 Å². The fourth-order valence-electron chi connectivity index (χ4n) is 1.56. The predicted octanol–water partition coefficient (Wildman–Crippen LogP) is 4.50. The van der Waals surface area contributed by atoms with E-state index in [1.54, 1.807) is 12.3 Å². The van der Waals surface area contributed by atoms with Crippen LogP contribution in [-0.2, 0) is 6.54 Å². The second-order valence-corrected chi connectivity index (χ2v) is 6.49. The molecule has 0 radical (unpaired) electrons. The SMILES string of the molecule is F[P-](F)(F)(F)(F)F.NC(=O)c1ccc[n+](Cc2ccccc2)c1. The van der Waals surface area contributed by atoms with Gasteiger partial charge in [0.2, 0.25) is 0 Å². The first-order chi connectivity index (χ1) is 10.2. The van der Waals surface area contributed by atoms with Gasteiger partial charge in [-0.25, -0.2) is 0 Å². The Bertz CT molecular complexity index is 677. The van der Waals surface area contributed by atoms with Crippen molar-refractivity contribution in [2.75, 3.05) is 0 Å². The standard InChI is InChI=1S/C13H12N2O.F6P/c14-13(16)12-7-4-8-15(10-12)9-11-5-2-1-3-6-11;1-7(2,3,4,5)6/h1-8,10H,9H2,(H-,14,16);/q;-1/p+1. The van der Waals surface area contributed by atoms with Gasteiger partial charge in [-0.1, -0.05) is 30.3 Å². The summed E-state index contributed by atoms with van der Waals surface area (Å²) in [5.74, 6) is -0.401. The van der Waals surface area contributed by atoms with Crippen LogP contribution in [0, 0.1) is 0 Å². The number of nitrogens with zero attached hydrogens (tertiary/aromatic N) is 1. The molecule has 0 unspecified atom stereocenters. The molecule has 0 bridgehead atoms. The summed E-state index contributed by atoms with van der Waals surface area (Å²) in [6, 6.07) is 13.6. The topological polar surface area (TPSA) is 47.0 Å². The summed E-state index contributed by atoms with van der Waals surface area (Å²) in [5.41, 5.74) is 6.94. The number of amides is 1. The molecule has 1 aromatic heterocycles. The first-order valence-corrected chi connectivity index (χ1v) is 8.13. The van der Waals surface area contributed by atoms with Gasteiger partial charge in [-0.05, 0) is 6.07 Å². The predicted molar refractivity (Wildman–Crippen MR) is 74.3 cm³/mol. The van der Waals surface area contributed by atoms with Gasteiger partial charge in [-0.3, -0.25) is 4.79 Å². The zero-order valence-corrected chi connectivity index (χ0v) is 12.4. The smallest absolute Gasteiger partial charge is 0.254 e. The molecule has 2 aromatic rings. The molecule has 2 rings (SSSR count). The van der Waals surface area contributed by atoms with Gasteiger partial charge in [-0.2, -0.15) is 4.57 Å². The number of hydrogen-bond donors (Lipinski definition) is 1. The van der Waals surface area contributed by atoms with Crippen molar-refractivity contribution in [3.8, 4) is 0 Å². The summed E-state index contributed by atoms with van der Waals surface area (Å²) >= 11 is 0. The Balaban J connectivity index is 0.000000322. The van der Waals surface area contributed by atoms with Gasteiger partial charge in [0.15, 0.2) is 18.9 Å². The summed E-state index contributed by atoms with van der Waals surface area (Å²) in [6.45, 7) is 0.738. The third-order valence-corrected chi connectivity index (χ3v) is 2.35. The van der Waals surface area contributed by atoms with Crippen LogP contribution in [0.5, 0.6) is 0 Å². The number of hydrogen-bond acceptors (Lipinski definition) is 1. The molecule has 0 aliphatic rings. The van der Waals surface area contributed by atoms with E-state index in [-0.39, 0.29) is 0 Å². The van der Waals surface area contributed by atoms with Gasteiger partial charge in [0.05, 0.1) is 0 Å². The van der Waals surface area contributed by atoms with Crippen molar-refractivity contribution in [2.24, 2.45) is 5.73 Å². The molecule has 0 saturated heterocycles. The molecule has 0 atom stereocenters. The fraction of sp³-hybridized carbons (Fsp3) is 0.0769. The maximum Gasteiger partial charge on any atom is 0.254 e. The van der Waals surface area contributed by atoms with Crippen molar-refractivity contribution in [1.29, 1.82) is 0 Å². The summed E-state index contributed by atoms with van der Waals surface area (Å²) in [5, 5.41) is 0. The molecule has 1 amide bonds. The molecule has 128 valence electrons. The van der Waals surface area contributed by atoms with E-state index in [0.29, 0.717) is 5.56 Å². The third kappa shape index (κ3) is 11.1. The number of rotatable bonds is 3. The number of nitrogens with two attached hydrogens (primary N) is 1. The minimum Gasteiger partial charge on any atom is -0.365 e. The molecular weight excluding hydrogens is 345 g/mol. The Morgan fingerprint density at radius 1 is 0.957 bits per heavy atom. The zero-order chi connectivity index (χ0) is 17.8. The number of carbonyl (C=O) groups excluding carboxylic acids is 1. The number of benzene rings is 1. The van der Waals surface area contributed by atoms with E-state index in [9.17, 15) is 30.0 Å². The van der Waals surface area contributed by atoms with Gasteiger partial charge in [0.25, 0.3) is 5.91 Å². The molecule has 0 aliphatic heterocycles. The average Bonchev–Trinajstić information content (AvgIpc) is 2.36. The quantitative estimate of drug-likeness (QED) is 0.490. The molecule has 1 heterocycles. The molecule has 0 aliphatic carbocycles. The van der Waals surface area contributed by atoms with Crippen LogP contribution in [0.25, 0.3) is 0 Å². The summed E-state index contributed by atoms with van der Waals surface area (Å²) in [7, 11) is -10.7. The van der Waals surface area contributed by atoms with Crippen LogP contribution >= 0.6 is 7.81 Å². The summed E-state index contributed by atoms with van der Waals surface area (Å²) < 4.78 is 61.1. The van der Waals surface area contributed by atoms with Crippen molar-refractivity contribution in [3.63, 3.8) is 0 Å². The van der Waals surface area contributed by atoms with Crippen LogP contribution < -0.4 is 10.3 Å². The Labute approximate surface area is 127 Å². The van der Waals surface area contributed by atoms with Gasteiger partial charge in [-0.15, -0.1) is 0 Å². The van der Waals surface area contributed by atoms with Gasteiger partial charge >= 0.3 is 33.0 Å². The molecule has 0 fully saturated rings. The largest absolute Gasteiger partial charge is 0.365 e. The molecule has 1 aromatic carbocycles. The van der Waals surface area contributed by atoms with Crippen LogP contribution in [0.3, 0.4) is 0 Å². The number of pyridine rings is 1. The molecule has 23 heavy (non-hydrogen) atoms. The Morgan fingerprint density at radius 2 is 1.48 bits per heavy atom. The molecule has 10 heteroatoms. The monoisotopic (exact) mass is 358 g/mol. The van der Waals surface area contributed by atoms with Crippen LogP contribution in [0.4, 0.5) is 25.2 Å². The van der Waals surface area contributed by atoms with Crippen molar-refractivity contribution >= 4 is 13.7 Å². The van der Waals surface area contributed by atoms with E-state index in [4.69, 9.17) is 5.73 Å². The van der Waals surface area contributed by atoms with Crippen LogP contribution in [0.2, 0.25) is 0 Å². The van der Waals surface area contributed by atoms with E-state index in [2.05, 4.69) is 0 Å². The normalized spacial score (nSPS) is 14.0. The molecule has 2 N–H and O–H groups in total. The van der Waals surface area contributed by atoms with E-state index in [0.717, 1.165) is 6.54 Å². The van der Waals surface area contributed by atoms with Crippen LogP contribution in [0.15, 0.2) is 54.9 Å². The number of halogens is 6. The maximum absolute atomic E-state index is 11.0. The van der Waals surface area contributed by atoms with Crippen molar-refractivity contribution in [1.82, 2.24) is 0 Å². The third-order valence-electron chi connectivity index (χ3n) is 2.35. The Hall–Kier alpha value is -2.15. The molecular formula is C13H13F6N2OP. The van der Waals surface area contributed by atoms with E-state index in [1.807, 2.05) is 47.2 Å². The van der Waals surface area contributed by atoms with E-state index >= 15 is 0 Å². The number of carbonyl (C=O) groups is 1. The van der Waals surface area contributed by atoms with Crippen molar-refractivity contribution < 1.29 is 34.5 Å². The number of primary amides is 1. The second kappa shape index (κ2) is 5.81. The molecule has 3 nitrogen and oxygen atoms in total. The number of aromatic nitrogens is 1. The average molecular weight is 358 g/mol. The summed E-state index contributed by atoms with van der Waals surface area (Å²) in [4.78, 5) is 11.0. The molecule has 0 spiro atoms. The Kier molecular flexibility index (Phi) is 4.77. The minimum atomic E-state index is -10.7. The van der Waals surface area contributed by atoms with Gasteiger partial charge in [0.1, 0.15) is 5.56 Å². The van der Waals surface area contributed by atoms with Crippen LogP contribution in [0.1, 0.15) is 15.9 Å².